The van der Waals surface area contributed by atoms with Crippen molar-refractivity contribution >= 4 is 31.9 Å². The van der Waals surface area contributed by atoms with Gasteiger partial charge in [-0.3, -0.25) is 22.9 Å². The van der Waals surface area contributed by atoms with Gasteiger partial charge in [-0.2, -0.15) is 30.0 Å². The first-order chi connectivity index (χ1) is 18.9. The van der Waals surface area contributed by atoms with E-state index in [2.05, 4.69) is 0 Å². The number of ketones is 1. The predicted molar refractivity (Wildman–Crippen MR) is 132 cm³/mol. The lowest BCUT2D eigenvalue weighted by molar-refractivity contribution is -0.150. The highest BCUT2D eigenvalue weighted by Gasteiger charge is 2.60. The van der Waals surface area contributed by atoms with Gasteiger partial charge < -0.3 is 4.74 Å². The Kier molecular flexibility index (Phi) is 8.18. The lowest BCUT2D eigenvalue weighted by Gasteiger charge is -2.33. The number of carbonyl (C=O) groups is 2. The second-order valence-electron chi connectivity index (χ2n) is 9.41. The van der Waals surface area contributed by atoms with Crippen LogP contribution in [0.2, 0.25) is 0 Å². The van der Waals surface area contributed by atoms with Crippen LogP contribution in [0.15, 0.2) is 70.6 Å². The van der Waals surface area contributed by atoms with Gasteiger partial charge in [-0.25, -0.2) is 4.39 Å². The quantitative estimate of drug-likeness (QED) is 0.247. The maximum Gasteiger partial charge on any atom is 0.417 e. The van der Waals surface area contributed by atoms with E-state index in [4.69, 9.17) is 13.1 Å². The van der Waals surface area contributed by atoms with E-state index in [1.54, 1.807) is 6.07 Å². The Labute approximate surface area is 232 Å². The lowest BCUT2D eigenvalue weighted by atomic mass is 9.97. The van der Waals surface area contributed by atoms with Crippen molar-refractivity contribution in [1.29, 1.82) is 0 Å². The molecule has 1 amide bonds. The molecule has 0 radical (unpaired) electrons. The highest BCUT2D eigenvalue weighted by atomic mass is 32.2. The first-order valence-electron chi connectivity index (χ1n) is 11.9. The van der Waals surface area contributed by atoms with Crippen LogP contribution in [0.4, 0.5) is 17.6 Å². The standard InChI is InChI=1S/C25H23F4NO9S2/c1-15-7-3-5-9-19(15)40(33,34)37-14-18-22(24(2,26)23(38-18)30-12-11-16(31)13-21(30)32)39-41(35,36)20-10-6-4-8-17(20)25(27,28)29/h3-12,18,22-23H,13-14H2,1-2H3/t18-,22-,23-,24-/m1/s1. The van der Waals surface area contributed by atoms with Crippen molar-refractivity contribution in [2.45, 2.75) is 60.3 Å². The number of hydrogen-bond donors (Lipinski definition) is 0. The molecule has 1 saturated heterocycles. The van der Waals surface area contributed by atoms with Crippen LogP contribution < -0.4 is 0 Å². The highest BCUT2D eigenvalue weighted by Crippen LogP contribution is 2.42. The number of allylic oxidation sites excluding steroid dienone is 1. The number of alkyl halides is 4. The molecule has 0 bridgehead atoms. The van der Waals surface area contributed by atoms with E-state index < -0.39 is 85.7 Å². The molecule has 1 fully saturated rings. The summed E-state index contributed by atoms with van der Waals surface area (Å²) in [6.07, 6.45) is -10.1. The molecule has 2 aromatic rings. The topological polar surface area (TPSA) is 133 Å². The minimum absolute atomic E-state index is 0.255. The molecule has 0 unspecified atom stereocenters. The van der Waals surface area contributed by atoms with Crippen LogP contribution in [-0.4, -0.2) is 64.1 Å². The molecule has 16 heteroatoms. The van der Waals surface area contributed by atoms with Gasteiger partial charge in [0, 0.05) is 6.20 Å². The fraction of sp³-hybridized carbons (Fsp3) is 0.360. The zero-order valence-corrected chi connectivity index (χ0v) is 23.0. The summed E-state index contributed by atoms with van der Waals surface area (Å²) in [5.41, 5.74) is -4.26. The van der Waals surface area contributed by atoms with Crippen LogP contribution in [0.25, 0.3) is 0 Å². The molecular formula is C25H23F4NO9S2. The monoisotopic (exact) mass is 621 g/mol. The Morgan fingerprint density at radius 3 is 2.22 bits per heavy atom. The van der Waals surface area contributed by atoms with Gasteiger partial charge in [0.2, 0.25) is 5.91 Å². The Hall–Kier alpha value is -3.18. The number of halogens is 4. The summed E-state index contributed by atoms with van der Waals surface area (Å²) < 4.78 is 125. The number of benzene rings is 2. The normalized spacial score (nSPS) is 25.6. The van der Waals surface area contributed by atoms with Crippen molar-refractivity contribution in [3.8, 4) is 0 Å². The van der Waals surface area contributed by atoms with Gasteiger partial charge in [0.05, 0.1) is 23.5 Å². The Morgan fingerprint density at radius 1 is 1.00 bits per heavy atom. The molecule has 2 aliphatic heterocycles. The largest absolute Gasteiger partial charge is 0.417 e. The van der Waals surface area contributed by atoms with E-state index in [1.807, 2.05) is 0 Å². The van der Waals surface area contributed by atoms with Gasteiger partial charge in [0.1, 0.15) is 17.1 Å². The van der Waals surface area contributed by atoms with Crippen LogP contribution in [0.3, 0.4) is 0 Å². The summed E-state index contributed by atoms with van der Waals surface area (Å²) in [6, 6.07) is 8.72. The van der Waals surface area contributed by atoms with Crippen molar-refractivity contribution in [1.82, 2.24) is 4.90 Å². The van der Waals surface area contributed by atoms with Crippen molar-refractivity contribution in [3.05, 3.63) is 71.9 Å². The van der Waals surface area contributed by atoms with E-state index in [1.165, 1.54) is 25.1 Å². The second-order valence-corrected chi connectivity index (χ2v) is 12.5. The van der Waals surface area contributed by atoms with Gasteiger partial charge in [0.25, 0.3) is 20.2 Å². The zero-order valence-electron chi connectivity index (χ0n) is 21.4. The molecule has 2 heterocycles. The van der Waals surface area contributed by atoms with Crippen LogP contribution in [-0.2, 0) is 49.1 Å². The van der Waals surface area contributed by atoms with Crippen molar-refractivity contribution in [2.24, 2.45) is 0 Å². The minimum Gasteiger partial charge on any atom is -0.346 e. The maximum absolute atomic E-state index is 16.4. The molecule has 4 atom stereocenters. The average molecular weight is 622 g/mol. The van der Waals surface area contributed by atoms with E-state index >= 15 is 4.39 Å². The van der Waals surface area contributed by atoms with Gasteiger partial charge in [-0.05, 0) is 43.7 Å². The SMILES string of the molecule is Cc1ccccc1S(=O)(=O)OC[C@H]1O[C@@H](N2C=CC(=O)CC2=O)[C@](C)(F)[C@@H]1OS(=O)(=O)c1ccccc1C(F)(F)F. The molecule has 0 aromatic heterocycles. The number of amides is 1. The molecule has 0 saturated carbocycles. The average Bonchev–Trinajstić information content (AvgIpc) is 3.11. The third-order valence-corrected chi connectivity index (χ3v) is 9.21. The smallest absolute Gasteiger partial charge is 0.346 e. The molecule has 0 aliphatic carbocycles. The summed E-state index contributed by atoms with van der Waals surface area (Å²) in [5.74, 6) is -1.53. The van der Waals surface area contributed by atoms with Crippen LogP contribution in [0, 0.1) is 6.92 Å². The van der Waals surface area contributed by atoms with E-state index in [9.17, 15) is 39.6 Å². The zero-order chi connectivity index (χ0) is 30.4. The molecule has 222 valence electrons. The fourth-order valence-corrected chi connectivity index (χ4v) is 6.95. The van der Waals surface area contributed by atoms with E-state index in [0.717, 1.165) is 31.3 Å². The summed E-state index contributed by atoms with van der Waals surface area (Å²) in [5, 5.41) is 0. The van der Waals surface area contributed by atoms with Crippen molar-refractivity contribution < 1.29 is 57.1 Å². The van der Waals surface area contributed by atoms with E-state index in [0.29, 0.717) is 22.6 Å². The van der Waals surface area contributed by atoms with E-state index in [-0.39, 0.29) is 4.90 Å². The Bertz CT molecular complexity index is 1600. The van der Waals surface area contributed by atoms with Gasteiger partial charge in [0.15, 0.2) is 17.7 Å². The molecule has 2 aliphatic rings. The first kappa shape index (κ1) is 30.8. The minimum atomic E-state index is -5.37. The highest BCUT2D eigenvalue weighted by molar-refractivity contribution is 7.87. The summed E-state index contributed by atoms with van der Waals surface area (Å²) in [6.45, 7) is 1.20. The van der Waals surface area contributed by atoms with Crippen LogP contribution >= 0.6 is 0 Å². The van der Waals surface area contributed by atoms with Crippen LogP contribution in [0.5, 0.6) is 0 Å². The third kappa shape index (κ3) is 6.21. The summed E-state index contributed by atoms with van der Waals surface area (Å²) in [7, 11) is -9.89. The summed E-state index contributed by atoms with van der Waals surface area (Å²) in [4.78, 5) is 23.2. The van der Waals surface area contributed by atoms with Gasteiger partial charge >= 0.3 is 6.18 Å². The predicted octanol–water partition coefficient (Wildman–Crippen LogP) is 3.26. The molecule has 4 rings (SSSR count). The Balaban J connectivity index is 1.72. The number of hydrogen-bond acceptors (Lipinski definition) is 9. The summed E-state index contributed by atoms with van der Waals surface area (Å²) >= 11 is 0. The Morgan fingerprint density at radius 2 is 1.61 bits per heavy atom. The lowest BCUT2D eigenvalue weighted by Crippen LogP contribution is -2.52. The third-order valence-electron chi connectivity index (χ3n) is 6.41. The van der Waals surface area contributed by atoms with Crippen LogP contribution in [0.1, 0.15) is 24.5 Å². The number of carbonyl (C=O) groups excluding carboxylic acids is 2. The molecule has 2 aromatic carbocycles. The van der Waals surface area contributed by atoms with Gasteiger partial charge in [-0.15, -0.1) is 0 Å². The second kappa shape index (κ2) is 10.9. The number of ether oxygens (including phenoxy) is 1. The number of rotatable bonds is 8. The first-order valence-corrected chi connectivity index (χ1v) is 14.7. The molecule has 41 heavy (non-hydrogen) atoms. The number of nitrogens with zero attached hydrogens (tertiary/aromatic N) is 1. The maximum atomic E-state index is 16.4. The molecule has 10 nitrogen and oxygen atoms in total. The van der Waals surface area contributed by atoms with Gasteiger partial charge in [-0.1, -0.05) is 30.3 Å². The molecule has 0 spiro atoms. The van der Waals surface area contributed by atoms with Crippen molar-refractivity contribution in [2.75, 3.05) is 6.61 Å². The van der Waals surface area contributed by atoms with Crippen molar-refractivity contribution in [3.63, 3.8) is 0 Å². The fourth-order valence-electron chi connectivity index (χ4n) is 4.41. The number of aryl methyl sites for hydroxylation is 1. The molecule has 0 N–H and O–H groups in total. The molecular weight excluding hydrogens is 598 g/mol.